The van der Waals surface area contributed by atoms with Crippen molar-refractivity contribution in [1.82, 2.24) is 0 Å². The molecule has 2 aromatic carbocycles. The zero-order valence-electron chi connectivity index (χ0n) is 15.4. The molecule has 1 saturated heterocycles. The number of anilines is 2. The van der Waals surface area contributed by atoms with Gasteiger partial charge in [0.1, 0.15) is 0 Å². The Morgan fingerprint density at radius 2 is 1.74 bits per heavy atom. The third-order valence-corrected chi connectivity index (χ3v) is 7.82. The summed E-state index contributed by atoms with van der Waals surface area (Å²) in [7, 11) is 0. The molecule has 1 fully saturated rings. The van der Waals surface area contributed by atoms with E-state index in [-0.39, 0.29) is 6.10 Å². The summed E-state index contributed by atoms with van der Waals surface area (Å²) >= 11 is 3.61. The van der Waals surface area contributed by atoms with Crippen molar-refractivity contribution in [2.45, 2.75) is 41.2 Å². The zero-order valence-corrected chi connectivity index (χ0v) is 17.1. The van der Waals surface area contributed by atoms with Crippen molar-refractivity contribution in [3.05, 3.63) is 59.6 Å². The number of hydrogen-bond donors (Lipinski definition) is 0. The fourth-order valence-corrected chi connectivity index (χ4v) is 6.56. The van der Waals surface area contributed by atoms with Crippen LogP contribution in [0.15, 0.2) is 69.4 Å². The van der Waals surface area contributed by atoms with Crippen molar-refractivity contribution in [3.63, 3.8) is 0 Å². The van der Waals surface area contributed by atoms with Crippen molar-refractivity contribution < 1.29 is 9.78 Å². The number of hydrogen-bond acceptors (Lipinski definition) is 6. The number of fused-ring (bicyclic) bond motifs is 2. The van der Waals surface area contributed by atoms with Crippen LogP contribution in [0.1, 0.15) is 20.3 Å². The molecule has 4 nitrogen and oxygen atoms in total. The quantitative estimate of drug-likeness (QED) is 0.634. The Hall–Kier alpha value is -1.60. The summed E-state index contributed by atoms with van der Waals surface area (Å²) in [5.74, 6) is 0. The average molecular weight is 399 g/mol. The molecule has 0 saturated carbocycles. The molecule has 2 atom stereocenters. The van der Waals surface area contributed by atoms with Gasteiger partial charge in [0.25, 0.3) is 5.06 Å². The van der Waals surface area contributed by atoms with E-state index in [0.29, 0.717) is 0 Å². The first kappa shape index (κ1) is 17.5. The summed E-state index contributed by atoms with van der Waals surface area (Å²) in [5.41, 5.74) is 2.54. The molecule has 140 valence electrons. The molecule has 1 spiro atoms. The molecule has 0 bridgehead atoms. The Morgan fingerprint density at radius 3 is 2.44 bits per heavy atom. The summed E-state index contributed by atoms with van der Waals surface area (Å²) in [6.45, 7) is 6.22. The highest BCUT2D eigenvalue weighted by molar-refractivity contribution is 8.03. The Balaban J connectivity index is 1.38. The molecular formula is C21H22N2O2S2. The van der Waals surface area contributed by atoms with E-state index in [0.717, 1.165) is 19.5 Å². The third-order valence-electron chi connectivity index (χ3n) is 5.25. The van der Waals surface area contributed by atoms with Crippen LogP contribution < -0.4 is 9.80 Å². The van der Waals surface area contributed by atoms with Gasteiger partial charge in [-0.3, -0.25) is 0 Å². The Kier molecular flexibility index (Phi) is 4.39. The topological polar surface area (TPSA) is 24.9 Å². The van der Waals surface area contributed by atoms with Crippen LogP contribution in [-0.2, 0) is 9.78 Å². The van der Waals surface area contributed by atoms with E-state index in [9.17, 15) is 0 Å². The molecule has 2 aromatic rings. The lowest BCUT2D eigenvalue weighted by molar-refractivity contribution is -0.477. The minimum atomic E-state index is -0.442. The standard InChI is InChI=1S/C21H22N2O2S2/c1-3-22-15-9-5-7-11-17(15)26-20(22)14-13-19-21(25-24-19)23(4-2)16-10-6-8-12-18(16)27-21/h5-12,14,19H,3-4,13H2,1-2H3. The van der Waals surface area contributed by atoms with Crippen LogP contribution in [0.4, 0.5) is 11.4 Å². The highest BCUT2D eigenvalue weighted by atomic mass is 32.2. The second-order valence-corrected chi connectivity index (χ2v) is 9.00. The van der Waals surface area contributed by atoms with Crippen molar-refractivity contribution in [3.8, 4) is 0 Å². The molecule has 3 aliphatic rings. The molecule has 0 N–H and O–H groups in total. The summed E-state index contributed by atoms with van der Waals surface area (Å²) < 4.78 is 0. The number of likely N-dealkylation sites (N-methyl/N-ethyl adjacent to an activating group) is 1. The van der Waals surface area contributed by atoms with Gasteiger partial charge in [0, 0.05) is 29.3 Å². The van der Waals surface area contributed by atoms with Crippen LogP contribution in [-0.4, -0.2) is 24.3 Å². The minimum absolute atomic E-state index is 0.00497. The van der Waals surface area contributed by atoms with Gasteiger partial charge in [-0.25, -0.2) is 4.89 Å². The molecule has 3 heterocycles. The van der Waals surface area contributed by atoms with E-state index in [4.69, 9.17) is 9.78 Å². The SMILES string of the molecule is CCN1C(=CCC2OOC23Sc2ccccc2N3CC)Sc2ccccc21. The third kappa shape index (κ3) is 2.62. The minimum Gasteiger partial charge on any atom is -0.336 e. The fourth-order valence-electron chi connectivity index (χ4n) is 3.96. The molecule has 27 heavy (non-hydrogen) atoms. The smallest absolute Gasteiger partial charge is 0.256 e. The van der Waals surface area contributed by atoms with Crippen LogP contribution in [0.25, 0.3) is 0 Å². The van der Waals surface area contributed by atoms with E-state index in [1.54, 1.807) is 11.8 Å². The van der Waals surface area contributed by atoms with E-state index < -0.39 is 5.06 Å². The number of benzene rings is 2. The lowest BCUT2D eigenvalue weighted by atomic mass is 10.1. The van der Waals surface area contributed by atoms with Crippen molar-refractivity contribution >= 4 is 34.9 Å². The number of rotatable bonds is 4. The largest absolute Gasteiger partial charge is 0.336 e. The summed E-state index contributed by atoms with van der Waals surface area (Å²) in [6.07, 6.45) is 3.13. The molecule has 6 heteroatoms. The number of thioether (sulfide) groups is 2. The van der Waals surface area contributed by atoms with Crippen LogP contribution >= 0.6 is 23.5 Å². The number of nitrogens with zero attached hydrogens (tertiary/aromatic N) is 2. The first-order valence-electron chi connectivity index (χ1n) is 9.41. The van der Waals surface area contributed by atoms with Gasteiger partial charge >= 0.3 is 0 Å². The first-order valence-corrected chi connectivity index (χ1v) is 11.0. The molecule has 0 amide bonds. The predicted molar refractivity (Wildman–Crippen MR) is 112 cm³/mol. The first-order chi connectivity index (χ1) is 13.3. The maximum Gasteiger partial charge on any atom is 0.256 e. The summed E-state index contributed by atoms with van der Waals surface area (Å²) in [4.78, 5) is 18.6. The van der Waals surface area contributed by atoms with Crippen LogP contribution in [0, 0.1) is 0 Å². The van der Waals surface area contributed by atoms with Gasteiger partial charge in [0.2, 0.25) is 0 Å². The van der Waals surface area contributed by atoms with Crippen molar-refractivity contribution in [2.24, 2.45) is 0 Å². The van der Waals surface area contributed by atoms with Crippen LogP contribution in [0.3, 0.4) is 0 Å². The normalized spacial score (nSPS) is 27.2. The van der Waals surface area contributed by atoms with Gasteiger partial charge in [-0.1, -0.05) is 53.9 Å². The number of para-hydroxylation sites is 2. The van der Waals surface area contributed by atoms with Crippen molar-refractivity contribution in [2.75, 3.05) is 22.9 Å². The van der Waals surface area contributed by atoms with E-state index in [1.165, 1.54) is 26.2 Å². The van der Waals surface area contributed by atoms with Gasteiger partial charge in [-0.05, 0) is 38.1 Å². The summed E-state index contributed by atoms with van der Waals surface area (Å²) in [5, 5.41) is 0.843. The molecule has 0 aromatic heterocycles. The highest BCUT2D eigenvalue weighted by Crippen LogP contribution is 2.58. The molecular weight excluding hydrogens is 376 g/mol. The fraction of sp³-hybridized carbons (Fsp3) is 0.333. The molecule has 5 rings (SSSR count). The van der Waals surface area contributed by atoms with Crippen LogP contribution in [0.5, 0.6) is 0 Å². The Labute approximate surface area is 168 Å². The van der Waals surface area contributed by atoms with Crippen molar-refractivity contribution in [1.29, 1.82) is 0 Å². The van der Waals surface area contributed by atoms with Crippen LogP contribution in [0.2, 0.25) is 0 Å². The summed E-state index contributed by atoms with van der Waals surface area (Å²) in [6, 6.07) is 17.1. The van der Waals surface area contributed by atoms with E-state index >= 15 is 0 Å². The van der Waals surface area contributed by atoms with Gasteiger partial charge in [0.05, 0.1) is 16.4 Å². The maximum atomic E-state index is 5.75. The monoisotopic (exact) mass is 398 g/mol. The molecule has 2 unspecified atom stereocenters. The van der Waals surface area contributed by atoms with E-state index in [2.05, 4.69) is 78.3 Å². The van der Waals surface area contributed by atoms with Gasteiger partial charge < -0.3 is 9.80 Å². The molecule has 3 aliphatic heterocycles. The average Bonchev–Trinajstić information content (AvgIpc) is 3.23. The van der Waals surface area contributed by atoms with E-state index in [1.807, 2.05) is 11.8 Å². The molecule has 0 aliphatic carbocycles. The molecule has 0 radical (unpaired) electrons. The van der Waals surface area contributed by atoms with Gasteiger partial charge in [-0.15, -0.1) is 0 Å². The Morgan fingerprint density at radius 1 is 1.00 bits per heavy atom. The second-order valence-electron chi connectivity index (χ2n) is 6.71. The van der Waals surface area contributed by atoms with Gasteiger partial charge in [-0.2, -0.15) is 4.89 Å². The predicted octanol–water partition coefficient (Wildman–Crippen LogP) is 5.47. The Bertz CT molecular complexity index is 903. The maximum absolute atomic E-state index is 5.75. The lowest BCUT2D eigenvalue weighted by Gasteiger charge is -2.48. The lowest BCUT2D eigenvalue weighted by Crippen LogP contribution is -2.63. The zero-order chi connectivity index (χ0) is 18.4. The highest BCUT2D eigenvalue weighted by Gasteiger charge is 2.60. The second kappa shape index (κ2) is 6.78. The van der Waals surface area contributed by atoms with Gasteiger partial charge in [0.15, 0.2) is 6.10 Å².